The number of nitrogens with zero attached hydrogens (tertiary/aromatic N) is 3. The highest BCUT2D eigenvalue weighted by Crippen LogP contribution is 2.27. The van der Waals surface area contributed by atoms with Gasteiger partial charge in [0.05, 0.1) is 24.0 Å². The van der Waals surface area contributed by atoms with Crippen molar-refractivity contribution < 1.29 is 8.78 Å². The Morgan fingerprint density at radius 1 is 1.24 bits per heavy atom. The maximum Gasteiger partial charge on any atom is 0.128 e. The van der Waals surface area contributed by atoms with Crippen LogP contribution in [0.15, 0.2) is 43.0 Å². The van der Waals surface area contributed by atoms with Crippen molar-refractivity contribution in [3.05, 3.63) is 65.7 Å². The van der Waals surface area contributed by atoms with Crippen LogP contribution in [0.4, 0.5) is 8.78 Å². The van der Waals surface area contributed by atoms with Gasteiger partial charge in [0.1, 0.15) is 11.6 Å². The molecular formula is C15H14F2N4. The number of rotatable bonds is 4. The molecule has 0 saturated carbocycles. The van der Waals surface area contributed by atoms with Crippen LogP contribution in [0.2, 0.25) is 0 Å². The molecule has 0 radical (unpaired) electrons. The molecule has 0 aliphatic heterocycles. The molecule has 0 aliphatic rings. The molecular weight excluding hydrogens is 274 g/mol. The third kappa shape index (κ3) is 2.50. The van der Waals surface area contributed by atoms with Crippen molar-refractivity contribution in [2.24, 2.45) is 0 Å². The minimum Gasteiger partial charge on any atom is -0.306 e. The third-order valence-electron chi connectivity index (χ3n) is 3.34. The Kier molecular flexibility index (Phi) is 3.62. The van der Waals surface area contributed by atoms with Crippen LogP contribution in [0.3, 0.4) is 0 Å². The van der Waals surface area contributed by atoms with Gasteiger partial charge in [-0.3, -0.25) is 4.98 Å². The van der Waals surface area contributed by atoms with E-state index in [1.807, 2.05) is 6.92 Å². The van der Waals surface area contributed by atoms with E-state index < -0.39 is 17.7 Å². The first-order valence-corrected chi connectivity index (χ1v) is 6.66. The Morgan fingerprint density at radius 3 is 2.90 bits per heavy atom. The second-order valence-electron chi connectivity index (χ2n) is 4.66. The molecule has 108 valence electrons. The van der Waals surface area contributed by atoms with Crippen molar-refractivity contribution in [3.63, 3.8) is 0 Å². The molecule has 6 heteroatoms. The summed E-state index contributed by atoms with van der Waals surface area (Å²) >= 11 is 0. The van der Waals surface area contributed by atoms with E-state index in [9.17, 15) is 8.78 Å². The second-order valence-corrected chi connectivity index (χ2v) is 4.66. The van der Waals surface area contributed by atoms with Crippen LogP contribution in [0, 0.1) is 11.6 Å². The van der Waals surface area contributed by atoms with E-state index in [4.69, 9.17) is 0 Å². The molecule has 2 heterocycles. The number of aromatic nitrogens is 3. The number of halogens is 2. The molecule has 0 aliphatic carbocycles. The average molecular weight is 288 g/mol. The molecule has 0 amide bonds. The quantitative estimate of drug-likeness (QED) is 0.802. The van der Waals surface area contributed by atoms with Gasteiger partial charge in [-0.1, -0.05) is 6.92 Å². The summed E-state index contributed by atoms with van der Waals surface area (Å²) in [5.74, 6) is -0.922. The van der Waals surface area contributed by atoms with E-state index >= 15 is 0 Å². The lowest BCUT2D eigenvalue weighted by molar-refractivity contribution is 0.546. The summed E-state index contributed by atoms with van der Waals surface area (Å²) in [5.41, 5.74) is 1.78. The molecule has 1 unspecified atom stereocenters. The number of benzene rings is 1. The Balaban J connectivity index is 2.15. The van der Waals surface area contributed by atoms with Crippen LogP contribution >= 0.6 is 0 Å². The second kappa shape index (κ2) is 5.57. The Labute approximate surface area is 120 Å². The summed E-state index contributed by atoms with van der Waals surface area (Å²) in [5, 5.41) is 7.39. The van der Waals surface area contributed by atoms with Gasteiger partial charge in [0, 0.05) is 23.5 Å². The highest BCUT2D eigenvalue weighted by atomic mass is 19.1. The van der Waals surface area contributed by atoms with Gasteiger partial charge in [-0.25, -0.2) is 13.3 Å². The van der Waals surface area contributed by atoms with Crippen LogP contribution in [0.5, 0.6) is 0 Å². The number of fused-ring (bicyclic) bond motifs is 1. The van der Waals surface area contributed by atoms with Crippen molar-refractivity contribution in [1.82, 2.24) is 19.9 Å². The van der Waals surface area contributed by atoms with Gasteiger partial charge in [-0.05, 0) is 24.7 Å². The summed E-state index contributed by atoms with van der Waals surface area (Å²) in [4.78, 5) is 4.07. The topological polar surface area (TPSA) is 42.2 Å². The van der Waals surface area contributed by atoms with Gasteiger partial charge >= 0.3 is 0 Å². The molecule has 0 fully saturated rings. The zero-order chi connectivity index (χ0) is 14.8. The zero-order valence-electron chi connectivity index (χ0n) is 11.4. The lowest BCUT2D eigenvalue weighted by Crippen LogP contribution is -2.23. The van der Waals surface area contributed by atoms with Crippen LogP contribution in [0.25, 0.3) is 5.52 Å². The van der Waals surface area contributed by atoms with Crippen molar-refractivity contribution in [2.75, 3.05) is 6.54 Å². The van der Waals surface area contributed by atoms with Crippen molar-refractivity contribution in [1.29, 1.82) is 0 Å². The molecule has 0 bridgehead atoms. The molecule has 3 rings (SSSR count). The fraction of sp³-hybridized carbons (Fsp3) is 0.200. The molecule has 21 heavy (non-hydrogen) atoms. The summed E-state index contributed by atoms with van der Waals surface area (Å²) in [7, 11) is 0. The molecule has 0 spiro atoms. The molecule has 4 nitrogen and oxygen atoms in total. The maximum absolute atomic E-state index is 14.1. The number of nitrogens with one attached hydrogen (secondary N) is 1. The Morgan fingerprint density at radius 2 is 2.10 bits per heavy atom. The van der Waals surface area contributed by atoms with E-state index in [0.29, 0.717) is 6.54 Å². The summed E-state index contributed by atoms with van der Waals surface area (Å²) < 4.78 is 29.2. The number of hydrogen-bond acceptors (Lipinski definition) is 3. The van der Waals surface area contributed by atoms with Gasteiger partial charge in [0.25, 0.3) is 0 Å². The lowest BCUT2D eigenvalue weighted by Gasteiger charge is -2.18. The van der Waals surface area contributed by atoms with E-state index in [0.717, 1.165) is 23.2 Å². The monoisotopic (exact) mass is 288 g/mol. The van der Waals surface area contributed by atoms with E-state index in [1.54, 1.807) is 29.3 Å². The van der Waals surface area contributed by atoms with Crippen molar-refractivity contribution in [2.45, 2.75) is 13.0 Å². The fourth-order valence-corrected chi connectivity index (χ4v) is 2.40. The Bertz CT molecular complexity index is 769. The van der Waals surface area contributed by atoms with E-state index in [-0.39, 0.29) is 5.56 Å². The minimum absolute atomic E-state index is 0.260. The molecule has 1 aromatic carbocycles. The first kappa shape index (κ1) is 13.6. The highest BCUT2D eigenvalue weighted by molar-refractivity contribution is 5.55. The standard InChI is InChI=1S/C15H14F2N4/c1-2-19-15(11-7-10(16)3-4-13(11)17)12-8-20-21-6-5-18-9-14(12)21/h3-9,15,19H,2H2,1H3. The van der Waals surface area contributed by atoms with Crippen molar-refractivity contribution in [3.8, 4) is 0 Å². The Hall–Kier alpha value is -2.34. The van der Waals surface area contributed by atoms with Crippen molar-refractivity contribution >= 4 is 5.52 Å². The summed E-state index contributed by atoms with van der Waals surface area (Å²) in [6.45, 7) is 2.52. The van der Waals surface area contributed by atoms with Gasteiger partial charge < -0.3 is 5.32 Å². The van der Waals surface area contributed by atoms with Crippen LogP contribution in [-0.2, 0) is 0 Å². The first-order chi connectivity index (χ1) is 10.2. The maximum atomic E-state index is 14.1. The normalized spacial score (nSPS) is 12.7. The van der Waals surface area contributed by atoms with Crippen LogP contribution in [-0.4, -0.2) is 21.1 Å². The van der Waals surface area contributed by atoms with E-state index in [1.165, 1.54) is 6.07 Å². The van der Waals surface area contributed by atoms with Crippen LogP contribution < -0.4 is 5.32 Å². The zero-order valence-corrected chi connectivity index (χ0v) is 11.4. The van der Waals surface area contributed by atoms with Crippen LogP contribution in [0.1, 0.15) is 24.1 Å². The molecule has 2 aromatic heterocycles. The molecule has 1 atom stereocenters. The number of hydrogen-bond donors (Lipinski definition) is 1. The summed E-state index contributed by atoms with van der Waals surface area (Å²) in [6, 6.07) is 2.98. The minimum atomic E-state index is -0.479. The predicted molar refractivity (Wildman–Crippen MR) is 74.9 cm³/mol. The SMILES string of the molecule is CCNC(c1cc(F)ccc1F)c1cnn2ccncc12. The lowest BCUT2D eigenvalue weighted by atomic mass is 9.99. The van der Waals surface area contributed by atoms with Gasteiger partial charge in [0.2, 0.25) is 0 Å². The first-order valence-electron chi connectivity index (χ1n) is 6.66. The van der Waals surface area contributed by atoms with Gasteiger partial charge in [-0.15, -0.1) is 0 Å². The fourth-order valence-electron chi connectivity index (χ4n) is 2.40. The largest absolute Gasteiger partial charge is 0.306 e. The third-order valence-corrected chi connectivity index (χ3v) is 3.34. The van der Waals surface area contributed by atoms with Gasteiger partial charge in [0.15, 0.2) is 0 Å². The summed E-state index contributed by atoms with van der Waals surface area (Å²) in [6.07, 6.45) is 6.64. The van der Waals surface area contributed by atoms with Gasteiger partial charge in [-0.2, -0.15) is 5.10 Å². The molecule has 3 aromatic rings. The predicted octanol–water partition coefficient (Wildman–Crippen LogP) is 2.71. The average Bonchev–Trinajstić information content (AvgIpc) is 2.91. The molecule has 1 N–H and O–H groups in total. The highest BCUT2D eigenvalue weighted by Gasteiger charge is 2.21. The smallest absolute Gasteiger partial charge is 0.128 e. The van der Waals surface area contributed by atoms with E-state index in [2.05, 4.69) is 15.4 Å². The molecule has 0 saturated heterocycles.